The summed E-state index contributed by atoms with van der Waals surface area (Å²) in [6.45, 7) is 6.80. The van der Waals surface area contributed by atoms with Crippen molar-refractivity contribution >= 4 is 34.1 Å². The molecule has 3 aromatic rings. The van der Waals surface area contributed by atoms with Gasteiger partial charge in [-0.15, -0.1) is 0 Å². The van der Waals surface area contributed by atoms with Gasteiger partial charge in [0, 0.05) is 52.3 Å². The van der Waals surface area contributed by atoms with Crippen molar-refractivity contribution < 1.29 is 0 Å². The molecule has 1 N–H and O–H groups in total. The van der Waals surface area contributed by atoms with Crippen LogP contribution in [-0.2, 0) is 13.1 Å². The Labute approximate surface area is 163 Å². The molecular formula is C21H22Cl2N2O. The van der Waals surface area contributed by atoms with Crippen LogP contribution >= 0.6 is 23.2 Å². The third-order valence-corrected chi connectivity index (χ3v) is 4.67. The largest absolute Gasteiger partial charge is 0.357 e. The topological polar surface area (TPSA) is 36.1 Å². The molecule has 0 saturated heterocycles. The lowest BCUT2D eigenvalue weighted by Crippen LogP contribution is -2.28. The average Bonchev–Trinajstić information content (AvgIpc) is 2.57. The minimum absolute atomic E-state index is 0.00719. The number of fused-ring (bicyclic) bond motifs is 1. The molecule has 0 fully saturated rings. The molecule has 0 radical (unpaired) electrons. The zero-order chi connectivity index (χ0) is 18.7. The summed E-state index contributed by atoms with van der Waals surface area (Å²) in [4.78, 5) is 18.1. The molecule has 1 aromatic heterocycles. The highest BCUT2D eigenvalue weighted by atomic mass is 35.5. The number of pyridine rings is 1. The van der Waals surface area contributed by atoms with E-state index >= 15 is 0 Å². The molecule has 0 aliphatic rings. The van der Waals surface area contributed by atoms with Gasteiger partial charge in [-0.2, -0.15) is 0 Å². The first-order chi connectivity index (χ1) is 12.4. The summed E-state index contributed by atoms with van der Waals surface area (Å²) in [5.74, 6) is 0.522. The molecule has 0 aliphatic heterocycles. The SMILES string of the molecule is CC(C)CN(Cc1ccc(Cl)cc1)Cc1cc(=O)c2cc(Cl)ccc2[nH]1. The number of hydrogen-bond donors (Lipinski definition) is 1. The third-order valence-electron chi connectivity index (χ3n) is 4.18. The smallest absolute Gasteiger partial charge is 0.189 e. The Morgan fingerprint density at radius 1 is 0.962 bits per heavy atom. The van der Waals surface area contributed by atoms with Gasteiger partial charge < -0.3 is 4.98 Å². The maximum absolute atomic E-state index is 12.4. The number of aromatic nitrogens is 1. The number of H-pyrrole nitrogens is 1. The quantitative estimate of drug-likeness (QED) is 0.605. The van der Waals surface area contributed by atoms with Crippen LogP contribution in [0.2, 0.25) is 10.0 Å². The molecule has 0 saturated carbocycles. The second kappa shape index (κ2) is 8.26. The van der Waals surface area contributed by atoms with E-state index in [0.717, 1.165) is 29.3 Å². The van der Waals surface area contributed by atoms with Crippen molar-refractivity contribution in [2.75, 3.05) is 6.54 Å². The fourth-order valence-corrected chi connectivity index (χ4v) is 3.45. The summed E-state index contributed by atoms with van der Waals surface area (Å²) in [5, 5.41) is 1.93. The van der Waals surface area contributed by atoms with Crippen LogP contribution in [-0.4, -0.2) is 16.4 Å². The molecule has 0 bridgehead atoms. The van der Waals surface area contributed by atoms with E-state index in [0.29, 0.717) is 22.9 Å². The Hall–Kier alpha value is -1.81. The first kappa shape index (κ1) is 19.0. The number of benzene rings is 2. The van der Waals surface area contributed by atoms with Gasteiger partial charge in [0.25, 0.3) is 0 Å². The first-order valence-electron chi connectivity index (χ1n) is 8.69. The minimum atomic E-state index is -0.00719. The molecule has 26 heavy (non-hydrogen) atoms. The van der Waals surface area contributed by atoms with Crippen molar-refractivity contribution in [1.29, 1.82) is 0 Å². The molecule has 0 aliphatic carbocycles. The Bertz CT molecular complexity index is 948. The van der Waals surface area contributed by atoms with Gasteiger partial charge in [-0.25, -0.2) is 0 Å². The highest BCUT2D eigenvalue weighted by Gasteiger charge is 2.11. The van der Waals surface area contributed by atoms with E-state index in [1.165, 1.54) is 5.56 Å². The molecule has 2 aromatic carbocycles. The van der Waals surface area contributed by atoms with E-state index in [4.69, 9.17) is 23.2 Å². The molecule has 0 spiro atoms. The van der Waals surface area contributed by atoms with Crippen molar-refractivity contribution in [1.82, 2.24) is 9.88 Å². The van der Waals surface area contributed by atoms with Crippen LogP contribution in [0.25, 0.3) is 10.9 Å². The van der Waals surface area contributed by atoms with Crippen LogP contribution in [0.15, 0.2) is 53.3 Å². The average molecular weight is 389 g/mol. The van der Waals surface area contributed by atoms with Crippen LogP contribution in [0.4, 0.5) is 0 Å². The Balaban J connectivity index is 1.86. The van der Waals surface area contributed by atoms with Gasteiger partial charge in [-0.1, -0.05) is 49.2 Å². The third kappa shape index (κ3) is 4.88. The fraction of sp³-hybridized carbons (Fsp3) is 0.286. The molecule has 136 valence electrons. The second-order valence-electron chi connectivity index (χ2n) is 7.04. The summed E-state index contributed by atoms with van der Waals surface area (Å²) in [6.07, 6.45) is 0. The van der Waals surface area contributed by atoms with Crippen LogP contribution in [0.3, 0.4) is 0 Å². The highest BCUT2D eigenvalue weighted by Crippen LogP contribution is 2.17. The van der Waals surface area contributed by atoms with Crippen LogP contribution in [0, 0.1) is 5.92 Å². The summed E-state index contributed by atoms with van der Waals surface area (Å²) in [7, 11) is 0. The van der Waals surface area contributed by atoms with Gasteiger partial charge >= 0.3 is 0 Å². The van der Waals surface area contributed by atoms with Crippen molar-refractivity contribution in [3.8, 4) is 0 Å². The maximum Gasteiger partial charge on any atom is 0.189 e. The van der Waals surface area contributed by atoms with Crippen molar-refractivity contribution in [2.24, 2.45) is 5.92 Å². The van der Waals surface area contributed by atoms with Crippen LogP contribution in [0.1, 0.15) is 25.1 Å². The summed E-state index contributed by atoms with van der Waals surface area (Å²) in [6, 6.07) is 14.9. The van der Waals surface area contributed by atoms with E-state index in [9.17, 15) is 4.79 Å². The Morgan fingerprint density at radius 2 is 1.65 bits per heavy atom. The van der Waals surface area contributed by atoms with Crippen molar-refractivity contribution in [2.45, 2.75) is 26.9 Å². The predicted molar refractivity (Wildman–Crippen MR) is 110 cm³/mol. The minimum Gasteiger partial charge on any atom is -0.357 e. The van der Waals surface area contributed by atoms with Gasteiger partial charge in [-0.3, -0.25) is 9.69 Å². The van der Waals surface area contributed by atoms with E-state index in [-0.39, 0.29) is 5.43 Å². The van der Waals surface area contributed by atoms with Crippen LogP contribution < -0.4 is 5.43 Å². The van der Waals surface area contributed by atoms with Gasteiger partial charge in [0.05, 0.1) is 0 Å². The number of aromatic amines is 1. The number of rotatable bonds is 6. The highest BCUT2D eigenvalue weighted by molar-refractivity contribution is 6.31. The van der Waals surface area contributed by atoms with Gasteiger partial charge in [0.15, 0.2) is 5.43 Å². The standard InChI is InChI=1S/C21H22Cl2N2O/c1-14(2)11-25(12-15-3-5-16(22)6-4-15)13-18-10-21(26)19-9-17(23)7-8-20(19)24-18/h3-10,14H,11-13H2,1-2H3,(H,24,26). The zero-order valence-electron chi connectivity index (χ0n) is 14.9. The Morgan fingerprint density at radius 3 is 2.35 bits per heavy atom. The fourth-order valence-electron chi connectivity index (χ4n) is 3.15. The van der Waals surface area contributed by atoms with Gasteiger partial charge in [0.2, 0.25) is 0 Å². The number of nitrogens with zero attached hydrogens (tertiary/aromatic N) is 1. The van der Waals surface area contributed by atoms with E-state index in [1.807, 2.05) is 30.3 Å². The lowest BCUT2D eigenvalue weighted by Gasteiger charge is -2.24. The molecule has 3 nitrogen and oxygen atoms in total. The van der Waals surface area contributed by atoms with Gasteiger partial charge in [0.1, 0.15) is 0 Å². The lowest BCUT2D eigenvalue weighted by molar-refractivity contribution is 0.225. The molecule has 1 heterocycles. The summed E-state index contributed by atoms with van der Waals surface area (Å²) < 4.78 is 0. The Kier molecular flexibility index (Phi) is 6.02. The zero-order valence-corrected chi connectivity index (χ0v) is 16.4. The molecule has 0 atom stereocenters. The number of halogens is 2. The normalized spacial score (nSPS) is 11.6. The van der Waals surface area contributed by atoms with Crippen LogP contribution in [0.5, 0.6) is 0 Å². The van der Waals surface area contributed by atoms with Crippen molar-refractivity contribution in [3.05, 3.63) is 80.1 Å². The van der Waals surface area contributed by atoms with Gasteiger partial charge in [-0.05, 0) is 41.8 Å². The summed E-state index contributed by atoms with van der Waals surface area (Å²) >= 11 is 12.0. The monoisotopic (exact) mass is 388 g/mol. The maximum atomic E-state index is 12.4. The van der Waals surface area contributed by atoms with Crippen molar-refractivity contribution in [3.63, 3.8) is 0 Å². The lowest BCUT2D eigenvalue weighted by atomic mass is 10.1. The second-order valence-corrected chi connectivity index (χ2v) is 7.91. The molecular weight excluding hydrogens is 367 g/mol. The molecule has 0 unspecified atom stereocenters. The predicted octanol–water partition coefficient (Wildman–Crippen LogP) is 5.49. The number of nitrogens with one attached hydrogen (secondary N) is 1. The first-order valence-corrected chi connectivity index (χ1v) is 9.44. The van der Waals surface area contributed by atoms with E-state index in [2.05, 4.69) is 23.7 Å². The molecule has 0 amide bonds. The molecule has 5 heteroatoms. The summed E-state index contributed by atoms with van der Waals surface area (Å²) in [5.41, 5.74) is 2.91. The number of hydrogen-bond acceptors (Lipinski definition) is 2. The molecule has 3 rings (SSSR count). The van der Waals surface area contributed by atoms with E-state index in [1.54, 1.807) is 18.2 Å². The van der Waals surface area contributed by atoms with E-state index < -0.39 is 0 Å².